The Labute approximate surface area is 176 Å². The quantitative estimate of drug-likeness (QED) is 0.628. The third kappa shape index (κ3) is 3.90. The number of Topliss-reactive ketones (excluding diaryl/α,β-unsaturated/α-hetero) is 1. The second-order valence-corrected chi connectivity index (χ2v) is 7.98. The van der Waals surface area contributed by atoms with Crippen molar-refractivity contribution in [2.75, 3.05) is 11.9 Å². The van der Waals surface area contributed by atoms with Crippen molar-refractivity contribution in [1.82, 2.24) is 14.9 Å². The molecule has 154 valence electrons. The van der Waals surface area contributed by atoms with Gasteiger partial charge in [-0.25, -0.2) is 9.97 Å². The van der Waals surface area contributed by atoms with Gasteiger partial charge in [-0.15, -0.1) is 0 Å². The summed E-state index contributed by atoms with van der Waals surface area (Å²) in [5.41, 5.74) is 4.01. The zero-order valence-corrected chi connectivity index (χ0v) is 17.6. The normalized spacial score (nSPS) is 16.5. The first-order chi connectivity index (χ1) is 14.4. The molecule has 0 bridgehead atoms. The molecule has 3 heterocycles. The molecule has 0 saturated carbocycles. The van der Waals surface area contributed by atoms with Gasteiger partial charge in [-0.2, -0.15) is 0 Å². The molecule has 1 saturated heterocycles. The number of carbonyl (C=O) groups is 2. The first kappa shape index (κ1) is 20.0. The fraction of sp³-hybridized carbons (Fsp3) is 0.333. The molecule has 4 rings (SSSR count). The molecule has 1 N–H and O–H groups in total. The van der Waals surface area contributed by atoms with Crippen LogP contribution in [-0.2, 0) is 0 Å². The van der Waals surface area contributed by atoms with Crippen LogP contribution in [0.3, 0.4) is 0 Å². The van der Waals surface area contributed by atoms with Crippen LogP contribution in [0.4, 0.5) is 11.4 Å². The van der Waals surface area contributed by atoms with Gasteiger partial charge < -0.3 is 10.2 Å². The standard InChI is InChI=1S/C24H26N4O2/c1-15-10-11-20-22(27-19-9-6-8-18(13-19)17(3)29)21(14-25-23(20)26-15)24(30)28-12-5-4-7-16(28)2/h6,8-11,13-14,16H,4-5,7,12H2,1-3H3,(H,25,26,27). The molecule has 2 aromatic heterocycles. The van der Waals surface area contributed by atoms with Crippen LogP contribution >= 0.6 is 0 Å². The molecule has 0 spiro atoms. The maximum Gasteiger partial charge on any atom is 0.257 e. The number of aromatic nitrogens is 2. The molecule has 1 aromatic carbocycles. The molecule has 1 atom stereocenters. The molecule has 0 aliphatic carbocycles. The lowest BCUT2D eigenvalue weighted by molar-refractivity contribution is 0.0636. The zero-order valence-electron chi connectivity index (χ0n) is 17.6. The van der Waals surface area contributed by atoms with E-state index in [1.807, 2.05) is 36.1 Å². The predicted molar refractivity (Wildman–Crippen MR) is 118 cm³/mol. The monoisotopic (exact) mass is 402 g/mol. The van der Waals surface area contributed by atoms with E-state index >= 15 is 0 Å². The average Bonchev–Trinajstić information content (AvgIpc) is 2.74. The number of nitrogens with zero attached hydrogens (tertiary/aromatic N) is 3. The zero-order chi connectivity index (χ0) is 21.3. The van der Waals surface area contributed by atoms with Gasteiger partial charge in [0.1, 0.15) is 0 Å². The summed E-state index contributed by atoms with van der Waals surface area (Å²) in [6.07, 6.45) is 4.79. The second kappa shape index (κ2) is 8.22. The number of hydrogen-bond acceptors (Lipinski definition) is 5. The van der Waals surface area contributed by atoms with Crippen LogP contribution < -0.4 is 5.32 Å². The summed E-state index contributed by atoms with van der Waals surface area (Å²) in [5, 5.41) is 4.17. The Morgan fingerprint density at radius 2 is 2.00 bits per heavy atom. The highest BCUT2D eigenvalue weighted by Gasteiger charge is 2.27. The number of aryl methyl sites for hydroxylation is 1. The average molecular weight is 402 g/mol. The summed E-state index contributed by atoms with van der Waals surface area (Å²) >= 11 is 0. The van der Waals surface area contributed by atoms with Crippen molar-refractivity contribution in [2.24, 2.45) is 0 Å². The van der Waals surface area contributed by atoms with Crippen LogP contribution in [-0.4, -0.2) is 39.1 Å². The van der Waals surface area contributed by atoms with Gasteiger partial charge in [-0.05, 0) is 64.3 Å². The van der Waals surface area contributed by atoms with Gasteiger partial charge in [0.05, 0.1) is 11.3 Å². The number of piperidine rings is 1. The molecular weight excluding hydrogens is 376 g/mol. The Morgan fingerprint density at radius 3 is 2.77 bits per heavy atom. The van der Waals surface area contributed by atoms with E-state index in [0.29, 0.717) is 22.5 Å². The first-order valence-electron chi connectivity index (χ1n) is 10.4. The highest BCUT2D eigenvalue weighted by Crippen LogP contribution is 2.31. The summed E-state index contributed by atoms with van der Waals surface area (Å²) in [4.78, 5) is 36.2. The number of carbonyl (C=O) groups excluding carboxylic acids is 2. The van der Waals surface area contributed by atoms with Gasteiger partial charge in [0.25, 0.3) is 5.91 Å². The Bertz CT molecular complexity index is 1130. The van der Waals surface area contributed by atoms with Crippen LogP contribution in [0.15, 0.2) is 42.6 Å². The lowest BCUT2D eigenvalue weighted by Gasteiger charge is -2.34. The maximum atomic E-state index is 13.5. The number of hydrogen-bond donors (Lipinski definition) is 1. The molecule has 6 heteroatoms. The minimum absolute atomic E-state index is 0.00558. The van der Waals surface area contributed by atoms with Crippen LogP contribution in [0.2, 0.25) is 0 Å². The molecule has 0 radical (unpaired) electrons. The van der Waals surface area contributed by atoms with Gasteiger partial charge in [-0.1, -0.05) is 12.1 Å². The lowest BCUT2D eigenvalue weighted by atomic mass is 10.0. The third-order valence-electron chi connectivity index (χ3n) is 5.70. The van der Waals surface area contributed by atoms with E-state index in [-0.39, 0.29) is 17.7 Å². The summed E-state index contributed by atoms with van der Waals surface area (Å²) in [6, 6.07) is 11.4. The van der Waals surface area contributed by atoms with E-state index in [1.165, 1.54) is 0 Å². The van der Waals surface area contributed by atoms with Crippen molar-refractivity contribution in [2.45, 2.75) is 46.1 Å². The largest absolute Gasteiger partial charge is 0.354 e. The minimum Gasteiger partial charge on any atom is -0.354 e. The van der Waals surface area contributed by atoms with Crippen molar-refractivity contribution in [3.8, 4) is 0 Å². The van der Waals surface area contributed by atoms with Gasteiger partial charge >= 0.3 is 0 Å². The van der Waals surface area contributed by atoms with Gasteiger partial charge in [0, 0.05) is 41.1 Å². The van der Waals surface area contributed by atoms with Crippen LogP contribution in [0.25, 0.3) is 11.0 Å². The first-order valence-corrected chi connectivity index (χ1v) is 10.4. The molecule has 1 amide bonds. The van der Waals surface area contributed by atoms with Crippen molar-refractivity contribution < 1.29 is 9.59 Å². The van der Waals surface area contributed by atoms with E-state index < -0.39 is 0 Å². The van der Waals surface area contributed by atoms with Crippen molar-refractivity contribution in [3.63, 3.8) is 0 Å². The van der Waals surface area contributed by atoms with Crippen molar-refractivity contribution >= 4 is 34.1 Å². The number of anilines is 2. The Kier molecular flexibility index (Phi) is 5.48. The van der Waals surface area contributed by atoms with Crippen LogP contribution in [0.1, 0.15) is 59.5 Å². The maximum absolute atomic E-state index is 13.5. The smallest absolute Gasteiger partial charge is 0.257 e. The molecular formula is C24H26N4O2. The molecule has 3 aromatic rings. The molecule has 30 heavy (non-hydrogen) atoms. The summed E-state index contributed by atoms with van der Waals surface area (Å²) < 4.78 is 0. The third-order valence-corrected chi connectivity index (χ3v) is 5.70. The van der Waals surface area contributed by atoms with Gasteiger partial charge in [-0.3, -0.25) is 9.59 Å². The fourth-order valence-electron chi connectivity index (χ4n) is 3.98. The molecule has 1 aliphatic heterocycles. The van der Waals surface area contributed by atoms with Crippen LogP contribution in [0.5, 0.6) is 0 Å². The Balaban J connectivity index is 1.82. The minimum atomic E-state index is -0.0256. The van der Waals surface area contributed by atoms with Gasteiger partial charge in [0.2, 0.25) is 0 Å². The number of amides is 1. The molecule has 1 unspecified atom stereocenters. The van der Waals surface area contributed by atoms with E-state index in [4.69, 9.17) is 0 Å². The number of benzene rings is 1. The summed E-state index contributed by atoms with van der Waals surface area (Å²) in [6.45, 7) is 6.31. The van der Waals surface area contributed by atoms with Crippen molar-refractivity contribution in [1.29, 1.82) is 0 Å². The SMILES string of the molecule is CC(=O)c1cccc(Nc2c(C(=O)N3CCCCC3C)cnc3nc(C)ccc23)c1. The highest BCUT2D eigenvalue weighted by atomic mass is 16.2. The number of likely N-dealkylation sites (tertiary alicyclic amines) is 1. The highest BCUT2D eigenvalue weighted by molar-refractivity contribution is 6.07. The Morgan fingerprint density at radius 1 is 1.17 bits per heavy atom. The number of pyridine rings is 2. The fourth-order valence-corrected chi connectivity index (χ4v) is 3.98. The van der Waals surface area contributed by atoms with Crippen molar-refractivity contribution in [3.05, 3.63) is 59.4 Å². The van der Waals surface area contributed by atoms with E-state index in [2.05, 4.69) is 22.2 Å². The van der Waals surface area contributed by atoms with E-state index in [1.54, 1.807) is 25.3 Å². The number of rotatable bonds is 4. The van der Waals surface area contributed by atoms with Gasteiger partial charge in [0.15, 0.2) is 11.4 Å². The van der Waals surface area contributed by atoms with E-state index in [0.717, 1.165) is 42.6 Å². The second-order valence-electron chi connectivity index (χ2n) is 7.98. The predicted octanol–water partition coefficient (Wildman–Crippen LogP) is 4.90. The summed E-state index contributed by atoms with van der Waals surface area (Å²) in [5.74, 6) is -0.0311. The topological polar surface area (TPSA) is 75.2 Å². The lowest BCUT2D eigenvalue weighted by Crippen LogP contribution is -2.42. The molecule has 1 fully saturated rings. The molecule has 1 aliphatic rings. The number of nitrogens with one attached hydrogen (secondary N) is 1. The summed E-state index contributed by atoms with van der Waals surface area (Å²) in [7, 11) is 0. The number of ketones is 1. The number of fused-ring (bicyclic) bond motifs is 1. The van der Waals surface area contributed by atoms with E-state index in [9.17, 15) is 9.59 Å². The van der Waals surface area contributed by atoms with Crippen LogP contribution in [0, 0.1) is 6.92 Å². The molecule has 6 nitrogen and oxygen atoms in total. The Hall–Kier alpha value is -3.28.